The standard InChI is InChI=1S/C20H15N/c21-20-17-10-5-4-9-15(17)13-19-16(11-6-12-18(19)20)14-7-2-1-3-8-14/h1-13H,21H2. The third-order valence-corrected chi connectivity index (χ3v) is 4.03. The van der Waals surface area contributed by atoms with E-state index in [1.807, 2.05) is 12.1 Å². The van der Waals surface area contributed by atoms with Gasteiger partial charge in [0.15, 0.2) is 0 Å². The molecule has 0 saturated carbocycles. The molecule has 4 aromatic rings. The highest BCUT2D eigenvalue weighted by atomic mass is 14.6. The molecule has 0 aromatic heterocycles. The number of nitrogens with two attached hydrogens (primary N) is 1. The van der Waals surface area contributed by atoms with Gasteiger partial charge in [0.1, 0.15) is 0 Å². The molecule has 0 bridgehead atoms. The number of fused-ring (bicyclic) bond motifs is 2. The molecule has 1 heteroatoms. The normalized spacial score (nSPS) is 11.0. The van der Waals surface area contributed by atoms with Gasteiger partial charge in [-0.3, -0.25) is 0 Å². The van der Waals surface area contributed by atoms with E-state index in [-0.39, 0.29) is 0 Å². The van der Waals surface area contributed by atoms with Crippen LogP contribution in [0.2, 0.25) is 0 Å². The first kappa shape index (κ1) is 12.0. The average Bonchev–Trinajstić information content (AvgIpc) is 2.56. The van der Waals surface area contributed by atoms with Gasteiger partial charge >= 0.3 is 0 Å². The maximum atomic E-state index is 6.40. The monoisotopic (exact) mass is 269 g/mol. The van der Waals surface area contributed by atoms with Crippen LogP contribution in [0, 0.1) is 0 Å². The van der Waals surface area contributed by atoms with Gasteiger partial charge in [0, 0.05) is 16.5 Å². The van der Waals surface area contributed by atoms with Crippen LogP contribution in [0.3, 0.4) is 0 Å². The van der Waals surface area contributed by atoms with Crippen LogP contribution in [0.15, 0.2) is 78.9 Å². The van der Waals surface area contributed by atoms with Gasteiger partial charge in [0.25, 0.3) is 0 Å². The topological polar surface area (TPSA) is 26.0 Å². The predicted molar refractivity (Wildman–Crippen MR) is 91.3 cm³/mol. The minimum Gasteiger partial charge on any atom is -0.398 e. The molecule has 1 nitrogen and oxygen atoms in total. The summed E-state index contributed by atoms with van der Waals surface area (Å²) >= 11 is 0. The fraction of sp³-hybridized carbons (Fsp3) is 0. The van der Waals surface area contributed by atoms with Crippen LogP contribution in [0.1, 0.15) is 0 Å². The molecule has 0 atom stereocenters. The molecular formula is C20H15N. The molecule has 0 unspecified atom stereocenters. The van der Waals surface area contributed by atoms with E-state index in [1.54, 1.807) is 0 Å². The zero-order valence-corrected chi connectivity index (χ0v) is 11.6. The van der Waals surface area contributed by atoms with E-state index < -0.39 is 0 Å². The Morgan fingerprint density at radius 2 is 1.29 bits per heavy atom. The first-order valence-corrected chi connectivity index (χ1v) is 7.10. The van der Waals surface area contributed by atoms with Crippen LogP contribution in [-0.2, 0) is 0 Å². The van der Waals surface area contributed by atoms with Crippen molar-refractivity contribution in [2.24, 2.45) is 0 Å². The molecule has 0 amide bonds. The summed E-state index contributed by atoms with van der Waals surface area (Å²) in [5.41, 5.74) is 9.71. The van der Waals surface area contributed by atoms with Crippen LogP contribution < -0.4 is 5.73 Å². The van der Waals surface area contributed by atoms with Crippen LogP contribution >= 0.6 is 0 Å². The lowest BCUT2D eigenvalue weighted by atomic mass is 9.94. The summed E-state index contributed by atoms with van der Waals surface area (Å²) in [5.74, 6) is 0. The molecule has 0 radical (unpaired) electrons. The lowest BCUT2D eigenvalue weighted by Crippen LogP contribution is -1.91. The maximum absolute atomic E-state index is 6.40. The second-order valence-corrected chi connectivity index (χ2v) is 5.28. The Morgan fingerprint density at radius 1 is 0.571 bits per heavy atom. The Balaban J connectivity index is 2.15. The van der Waals surface area contributed by atoms with Crippen molar-refractivity contribution in [2.75, 3.05) is 5.73 Å². The molecule has 0 fully saturated rings. The van der Waals surface area contributed by atoms with Crippen molar-refractivity contribution in [3.63, 3.8) is 0 Å². The van der Waals surface area contributed by atoms with Crippen molar-refractivity contribution >= 4 is 27.2 Å². The smallest absolute Gasteiger partial charge is 0.0473 e. The highest BCUT2D eigenvalue weighted by molar-refractivity contribution is 6.14. The van der Waals surface area contributed by atoms with Crippen LogP contribution in [0.4, 0.5) is 5.69 Å². The molecule has 0 aliphatic heterocycles. The van der Waals surface area contributed by atoms with Crippen LogP contribution in [-0.4, -0.2) is 0 Å². The molecule has 0 saturated heterocycles. The largest absolute Gasteiger partial charge is 0.398 e. The number of nitrogen functional groups attached to an aromatic ring is 1. The highest BCUT2D eigenvalue weighted by Crippen LogP contribution is 2.36. The van der Waals surface area contributed by atoms with E-state index in [2.05, 4.69) is 66.7 Å². The van der Waals surface area contributed by atoms with Crippen molar-refractivity contribution < 1.29 is 0 Å². The zero-order valence-electron chi connectivity index (χ0n) is 11.6. The van der Waals surface area contributed by atoms with Crippen LogP contribution in [0.25, 0.3) is 32.7 Å². The van der Waals surface area contributed by atoms with Gasteiger partial charge in [-0.25, -0.2) is 0 Å². The minimum absolute atomic E-state index is 0.862. The molecule has 100 valence electrons. The molecule has 0 spiro atoms. The summed E-state index contributed by atoms with van der Waals surface area (Å²) in [4.78, 5) is 0. The van der Waals surface area contributed by atoms with Gasteiger partial charge in [0.2, 0.25) is 0 Å². The number of rotatable bonds is 1. The first-order chi connectivity index (χ1) is 10.3. The van der Waals surface area contributed by atoms with E-state index in [0.29, 0.717) is 0 Å². The quantitative estimate of drug-likeness (QED) is 0.371. The number of benzene rings is 4. The lowest BCUT2D eigenvalue weighted by Gasteiger charge is -2.11. The zero-order chi connectivity index (χ0) is 14.2. The fourth-order valence-corrected chi connectivity index (χ4v) is 2.99. The third-order valence-electron chi connectivity index (χ3n) is 4.03. The van der Waals surface area contributed by atoms with Gasteiger partial charge in [-0.15, -0.1) is 0 Å². The Bertz CT molecular complexity index is 940. The van der Waals surface area contributed by atoms with E-state index in [0.717, 1.165) is 16.5 Å². The molecule has 4 rings (SSSR count). The molecule has 2 N–H and O–H groups in total. The maximum Gasteiger partial charge on any atom is 0.0473 e. The summed E-state index contributed by atoms with van der Waals surface area (Å²) in [6.45, 7) is 0. The average molecular weight is 269 g/mol. The second kappa shape index (κ2) is 4.64. The van der Waals surface area contributed by atoms with Gasteiger partial charge in [-0.2, -0.15) is 0 Å². The summed E-state index contributed by atoms with van der Waals surface area (Å²) < 4.78 is 0. The van der Waals surface area contributed by atoms with Crippen molar-refractivity contribution in [2.45, 2.75) is 0 Å². The molecule has 0 aliphatic carbocycles. The van der Waals surface area contributed by atoms with Gasteiger partial charge in [-0.1, -0.05) is 72.8 Å². The molecule has 0 heterocycles. The lowest BCUT2D eigenvalue weighted by molar-refractivity contribution is 1.66. The van der Waals surface area contributed by atoms with E-state index in [9.17, 15) is 0 Å². The number of hydrogen-bond donors (Lipinski definition) is 1. The summed E-state index contributed by atoms with van der Waals surface area (Å²) in [6, 6.07) is 27.3. The number of anilines is 1. The number of hydrogen-bond acceptors (Lipinski definition) is 1. The second-order valence-electron chi connectivity index (χ2n) is 5.28. The van der Waals surface area contributed by atoms with Crippen molar-refractivity contribution in [1.82, 2.24) is 0 Å². The van der Waals surface area contributed by atoms with Crippen LogP contribution in [0.5, 0.6) is 0 Å². The molecular weight excluding hydrogens is 254 g/mol. The summed E-state index contributed by atoms with van der Waals surface area (Å²) in [6.07, 6.45) is 0. The Labute approximate surface area is 123 Å². The van der Waals surface area contributed by atoms with Gasteiger partial charge in [-0.05, 0) is 28.0 Å². The Morgan fingerprint density at radius 3 is 2.14 bits per heavy atom. The molecule has 0 aliphatic rings. The van der Waals surface area contributed by atoms with Crippen molar-refractivity contribution in [1.29, 1.82) is 0 Å². The van der Waals surface area contributed by atoms with E-state index in [4.69, 9.17) is 5.73 Å². The molecule has 4 aromatic carbocycles. The van der Waals surface area contributed by atoms with Crippen molar-refractivity contribution in [3.8, 4) is 11.1 Å². The first-order valence-electron chi connectivity index (χ1n) is 7.10. The van der Waals surface area contributed by atoms with Gasteiger partial charge < -0.3 is 5.73 Å². The Kier molecular flexibility index (Phi) is 2.65. The third kappa shape index (κ3) is 1.86. The van der Waals surface area contributed by atoms with Gasteiger partial charge in [0.05, 0.1) is 0 Å². The predicted octanol–water partition coefficient (Wildman–Crippen LogP) is 5.24. The summed E-state index contributed by atoms with van der Waals surface area (Å²) in [5, 5.41) is 4.64. The minimum atomic E-state index is 0.862. The SMILES string of the molecule is Nc1c2ccccc2cc2c(-c3ccccc3)cccc12. The fourth-order valence-electron chi connectivity index (χ4n) is 2.99. The Hall–Kier alpha value is -2.80. The van der Waals surface area contributed by atoms with E-state index >= 15 is 0 Å². The highest BCUT2D eigenvalue weighted by Gasteiger charge is 2.08. The van der Waals surface area contributed by atoms with E-state index in [1.165, 1.54) is 21.9 Å². The van der Waals surface area contributed by atoms with Crippen molar-refractivity contribution in [3.05, 3.63) is 78.9 Å². The summed E-state index contributed by atoms with van der Waals surface area (Å²) in [7, 11) is 0. The molecule has 21 heavy (non-hydrogen) atoms.